The number of Topliss-reactive ketones (excluding diaryl/α,β-unsaturated/α-hetero) is 1. The first-order chi connectivity index (χ1) is 8.58. The molecular weight excluding hydrogens is 230 g/mol. The van der Waals surface area contributed by atoms with Crippen LogP contribution in [0.4, 0.5) is 10.5 Å². The third kappa shape index (κ3) is 3.59. The van der Waals surface area contributed by atoms with Gasteiger partial charge in [-0.15, -0.1) is 0 Å². The molecule has 1 N–H and O–H groups in total. The number of carbonyl (C=O) groups is 2. The van der Waals surface area contributed by atoms with Gasteiger partial charge >= 0.3 is 6.03 Å². The van der Waals surface area contributed by atoms with Crippen LogP contribution < -0.4 is 5.32 Å². The van der Waals surface area contributed by atoms with Gasteiger partial charge in [0.1, 0.15) is 6.54 Å². The highest BCUT2D eigenvalue weighted by Gasteiger charge is 2.10. The van der Waals surface area contributed by atoms with Gasteiger partial charge in [-0.05, 0) is 38.1 Å². The molecule has 0 radical (unpaired) electrons. The Hall–Kier alpha value is -2.35. The van der Waals surface area contributed by atoms with Crippen molar-refractivity contribution >= 4 is 17.5 Å². The predicted molar refractivity (Wildman–Crippen MR) is 68.3 cm³/mol. The first-order valence-electron chi connectivity index (χ1n) is 5.62. The second-order valence-electron chi connectivity index (χ2n) is 3.74. The molecule has 0 aliphatic carbocycles. The molecule has 5 heteroatoms. The number of nitrogens with zero attached hydrogens (tertiary/aromatic N) is 2. The van der Waals surface area contributed by atoms with Gasteiger partial charge in [-0.2, -0.15) is 5.26 Å². The van der Waals surface area contributed by atoms with Gasteiger partial charge in [-0.25, -0.2) is 4.79 Å². The van der Waals surface area contributed by atoms with E-state index in [-0.39, 0.29) is 18.4 Å². The number of hydrogen-bond donors (Lipinski definition) is 1. The first-order valence-corrected chi connectivity index (χ1v) is 5.62. The van der Waals surface area contributed by atoms with E-state index in [1.807, 2.05) is 6.07 Å². The highest BCUT2D eigenvalue weighted by Crippen LogP contribution is 2.10. The third-order valence-electron chi connectivity index (χ3n) is 2.47. The quantitative estimate of drug-likeness (QED) is 0.653. The Balaban J connectivity index is 2.70. The van der Waals surface area contributed by atoms with Crippen LogP contribution >= 0.6 is 0 Å². The lowest BCUT2D eigenvalue weighted by Crippen LogP contribution is -2.35. The number of rotatable bonds is 4. The molecule has 0 aliphatic rings. The number of ketones is 1. The maximum absolute atomic E-state index is 11.7. The largest absolute Gasteiger partial charge is 0.322 e. The van der Waals surface area contributed by atoms with Crippen LogP contribution in [0.25, 0.3) is 0 Å². The van der Waals surface area contributed by atoms with E-state index < -0.39 is 0 Å². The van der Waals surface area contributed by atoms with Gasteiger partial charge in [0.05, 0.1) is 6.07 Å². The van der Waals surface area contributed by atoms with Gasteiger partial charge < -0.3 is 10.2 Å². The fourth-order valence-electron chi connectivity index (χ4n) is 1.40. The van der Waals surface area contributed by atoms with Crippen LogP contribution in [0.2, 0.25) is 0 Å². The molecule has 0 atom stereocenters. The van der Waals surface area contributed by atoms with Crippen LogP contribution in [0.3, 0.4) is 0 Å². The van der Waals surface area contributed by atoms with Crippen LogP contribution in [0.15, 0.2) is 24.3 Å². The van der Waals surface area contributed by atoms with Gasteiger partial charge in [0.2, 0.25) is 0 Å². The summed E-state index contributed by atoms with van der Waals surface area (Å²) in [6.45, 7) is 3.80. The summed E-state index contributed by atoms with van der Waals surface area (Å²) in [5.41, 5.74) is 1.19. The molecule has 0 bridgehead atoms. The highest BCUT2D eigenvalue weighted by molar-refractivity contribution is 5.95. The minimum Gasteiger partial charge on any atom is -0.311 e. The molecule has 94 valence electrons. The summed E-state index contributed by atoms with van der Waals surface area (Å²) in [7, 11) is 0. The molecule has 0 saturated heterocycles. The lowest BCUT2D eigenvalue weighted by molar-refractivity contribution is 0.101. The van der Waals surface area contributed by atoms with Gasteiger partial charge in [0, 0.05) is 17.8 Å². The van der Waals surface area contributed by atoms with E-state index in [9.17, 15) is 9.59 Å². The van der Waals surface area contributed by atoms with E-state index in [1.165, 1.54) is 11.8 Å². The maximum Gasteiger partial charge on any atom is 0.322 e. The highest BCUT2D eigenvalue weighted by atomic mass is 16.2. The van der Waals surface area contributed by atoms with Crippen LogP contribution in [0.1, 0.15) is 24.2 Å². The van der Waals surface area contributed by atoms with Crippen LogP contribution in [0.5, 0.6) is 0 Å². The van der Waals surface area contributed by atoms with Crippen molar-refractivity contribution in [2.45, 2.75) is 13.8 Å². The van der Waals surface area contributed by atoms with E-state index in [4.69, 9.17) is 5.26 Å². The van der Waals surface area contributed by atoms with Gasteiger partial charge in [-0.1, -0.05) is 0 Å². The molecular formula is C13H15N3O2. The summed E-state index contributed by atoms with van der Waals surface area (Å²) in [5.74, 6) is -0.0208. The Morgan fingerprint density at radius 2 is 1.94 bits per heavy atom. The fraction of sp³-hybridized carbons (Fsp3) is 0.308. The lowest BCUT2D eigenvalue weighted by Gasteiger charge is -2.17. The Kier molecular flexibility index (Phi) is 4.88. The van der Waals surface area contributed by atoms with Crippen molar-refractivity contribution < 1.29 is 9.59 Å². The van der Waals surface area contributed by atoms with E-state index in [0.717, 1.165) is 0 Å². The van der Waals surface area contributed by atoms with E-state index >= 15 is 0 Å². The Labute approximate surface area is 106 Å². The average Bonchev–Trinajstić information content (AvgIpc) is 2.36. The molecule has 0 aromatic heterocycles. The molecule has 0 spiro atoms. The molecule has 1 rings (SSSR count). The van der Waals surface area contributed by atoms with Gasteiger partial charge in [0.25, 0.3) is 0 Å². The Morgan fingerprint density at radius 1 is 1.33 bits per heavy atom. The summed E-state index contributed by atoms with van der Waals surface area (Å²) < 4.78 is 0. The van der Waals surface area contributed by atoms with E-state index in [1.54, 1.807) is 31.2 Å². The average molecular weight is 245 g/mol. The number of nitrogens with one attached hydrogen (secondary N) is 1. The summed E-state index contributed by atoms with van der Waals surface area (Å²) in [4.78, 5) is 24.2. The Morgan fingerprint density at radius 3 is 2.39 bits per heavy atom. The first kappa shape index (κ1) is 13.7. The van der Waals surface area contributed by atoms with Crippen molar-refractivity contribution in [2.24, 2.45) is 0 Å². The summed E-state index contributed by atoms with van der Waals surface area (Å²) in [6, 6.07) is 8.23. The minimum absolute atomic E-state index is 0.0208. The molecule has 0 unspecified atom stereocenters. The number of benzene rings is 1. The summed E-state index contributed by atoms with van der Waals surface area (Å²) in [5, 5.41) is 11.2. The second kappa shape index (κ2) is 6.40. The van der Waals surface area contributed by atoms with Crippen LogP contribution in [0, 0.1) is 11.3 Å². The predicted octanol–water partition coefficient (Wildman–Crippen LogP) is 2.27. The maximum atomic E-state index is 11.7. The van der Waals surface area contributed by atoms with Crippen molar-refractivity contribution in [1.29, 1.82) is 5.26 Å². The number of amides is 2. The molecule has 1 aromatic carbocycles. The van der Waals surface area contributed by atoms with Crippen molar-refractivity contribution in [1.82, 2.24) is 4.90 Å². The fourth-order valence-corrected chi connectivity index (χ4v) is 1.40. The van der Waals surface area contributed by atoms with Crippen molar-refractivity contribution in [3.8, 4) is 6.07 Å². The van der Waals surface area contributed by atoms with E-state index in [2.05, 4.69) is 5.32 Å². The topological polar surface area (TPSA) is 73.2 Å². The van der Waals surface area contributed by atoms with Gasteiger partial charge in [-0.3, -0.25) is 4.79 Å². The zero-order chi connectivity index (χ0) is 13.5. The smallest absolute Gasteiger partial charge is 0.311 e. The zero-order valence-electron chi connectivity index (χ0n) is 10.4. The lowest BCUT2D eigenvalue weighted by atomic mass is 10.1. The second-order valence-corrected chi connectivity index (χ2v) is 3.74. The molecule has 2 amide bonds. The van der Waals surface area contributed by atoms with Crippen molar-refractivity contribution in [2.75, 3.05) is 18.4 Å². The Bertz CT molecular complexity index is 474. The zero-order valence-corrected chi connectivity index (χ0v) is 10.4. The number of anilines is 1. The van der Waals surface area contributed by atoms with Gasteiger partial charge in [0.15, 0.2) is 5.78 Å². The summed E-state index contributed by atoms with van der Waals surface area (Å²) >= 11 is 0. The molecule has 0 heterocycles. The normalized spacial score (nSPS) is 9.39. The van der Waals surface area contributed by atoms with Crippen molar-refractivity contribution in [3.63, 3.8) is 0 Å². The van der Waals surface area contributed by atoms with Crippen LogP contribution in [-0.4, -0.2) is 29.8 Å². The van der Waals surface area contributed by atoms with E-state index in [0.29, 0.717) is 17.8 Å². The molecule has 0 saturated carbocycles. The number of urea groups is 1. The number of carbonyl (C=O) groups excluding carboxylic acids is 2. The number of hydrogen-bond acceptors (Lipinski definition) is 3. The number of nitriles is 1. The third-order valence-corrected chi connectivity index (χ3v) is 2.47. The van der Waals surface area contributed by atoms with Crippen molar-refractivity contribution in [3.05, 3.63) is 29.8 Å². The molecule has 0 aliphatic heterocycles. The molecule has 1 aromatic rings. The minimum atomic E-state index is -0.324. The SMILES string of the molecule is CCN(CC#N)C(=O)Nc1ccc(C(C)=O)cc1. The summed E-state index contributed by atoms with van der Waals surface area (Å²) in [6.07, 6.45) is 0. The molecule has 0 fully saturated rings. The van der Waals surface area contributed by atoms with Crippen LogP contribution in [-0.2, 0) is 0 Å². The molecule has 18 heavy (non-hydrogen) atoms. The standard InChI is InChI=1S/C13H15N3O2/c1-3-16(9-8-14)13(18)15-12-6-4-11(5-7-12)10(2)17/h4-7H,3,9H2,1-2H3,(H,15,18). The molecule has 5 nitrogen and oxygen atoms in total. The monoisotopic (exact) mass is 245 g/mol.